The maximum absolute atomic E-state index is 5.13. The van der Waals surface area contributed by atoms with E-state index in [0.717, 1.165) is 34.1 Å². The summed E-state index contributed by atoms with van der Waals surface area (Å²) in [6.45, 7) is 2.26. The Bertz CT molecular complexity index is 1870. The molecule has 0 aromatic heterocycles. The zero-order valence-corrected chi connectivity index (χ0v) is 20.3. The van der Waals surface area contributed by atoms with Gasteiger partial charge in [-0.15, -0.1) is 0 Å². The fourth-order valence-electron chi connectivity index (χ4n) is 5.73. The van der Waals surface area contributed by atoms with E-state index in [1.807, 2.05) is 0 Å². The molecule has 5 aromatic rings. The van der Waals surface area contributed by atoms with Crippen LogP contribution in [0.25, 0.3) is 33.4 Å². The number of unbranched alkanes of at least 4 members (excludes halogenated alkanes) is 1. The number of hydrogen-bond acceptors (Lipinski definition) is 2. The Labute approximate surface area is 210 Å². The molecule has 0 N–H and O–H groups in total. The van der Waals surface area contributed by atoms with Gasteiger partial charge in [-0.05, 0) is 64.9 Å². The first-order valence-electron chi connectivity index (χ1n) is 12.8. The van der Waals surface area contributed by atoms with Gasteiger partial charge in [0.2, 0.25) is 0 Å². The number of nitrogens with zero attached hydrogens (tertiary/aromatic N) is 2. The molecule has 0 spiro atoms. The van der Waals surface area contributed by atoms with Crippen LogP contribution in [0.2, 0.25) is 0 Å². The average Bonchev–Trinajstić information content (AvgIpc) is 3.50. The second-order valence-corrected chi connectivity index (χ2v) is 9.61. The number of rotatable bonds is 5. The van der Waals surface area contributed by atoms with E-state index in [4.69, 9.17) is 9.98 Å². The molecule has 0 bridgehead atoms. The van der Waals surface area contributed by atoms with Gasteiger partial charge in [0.05, 0.1) is 22.1 Å². The van der Waals surface area contributed by atoms with E-state index in [2.05, 4.69) is 110 Å². The molecule has 0 aliphatic carbocycles. The molecule has 0 amide bonds. The molecule has 2 aliphatic heterocycles. The Morgan fingerprint density at radius 1 is 0.556 bits per heavy atom. The zero-order chi connectivity index (χ0) is 24.1. The van der Waals surface area contributed by atoms with Crippen molar-refractivity contribution in [2.24, 2.45) is 9.98 Å². The molecule has 0 unspecified atom stereocenters. The van der Waals surface area contributed by atoms with E-state index < -0.39 is 0 Å². The highest BCUT2D eigenvalue weighted by molar-refractivity contribution is 6.03. The van der Waals surface area contributed by atoms with E-state index in [9.17, 15) is 0 Å². The number of fused-ring (bicyclic) bond motifs is 6. The molecule has 5 aromatic carbocycles. The van der Waals surface area contributed by atoms with Crippen molar-refractivity contribution in [1.29, 1.82) is 0 Å². The summed E-state index contributed by atoms with van der Waals surface area (Å²) in [5, 5.41) is 4.45. The largest absolute Gasteiger partial charge is 0.248 e. The van der Waals surface area contributed by atoms with Crippen LogP contribution >= 0.6 is 0 Å². The average molecular weight is 463 g/mol. The van der Waals surface area contributed by atoms with Crippen LogP contribution in [0.15, 0.2) is 113 Å². The van der Waals surface area contributed by atoms with Crippen LogP contribution in [-0.4, -0.2) is 0 Å². The highest BCUT2D eigenvalue weighted by atomic mass is 14.8. The first kappa shape index (κ1) is 21.0. The van der Waals surface area contributed by atoms with Crippen molar-refractivity contribution in [1.82, 2.24) is 0 Å². The van der Waals surface area contributed by atoms with Crippen LogP contribution in [0.5, 0.6) is 0 Å². The molecule has 2 nitrogen and oxygen atoms in total. The maximum atomic E-state index is 5.13. The third-order valence-corrected chi connectivity index (χ3v) is 7.43. The molecule has 0 atom stereocenters. The van der Waals surface area contributed by atoms with Gasteiger partial charge in [-0.25, -0.2) is 9.98 Å². The number of para-hydroxylation sites is 1. The van der Waals surface area contributed by atoms with Gasteiger partial charge in [0, 0.05) is 21.6 Å². The van der Waals surface area contributed by atoms with E-state index in [0.29, 0.717) is 0 Å². The third kappa shape index (κ3) is 3.18. The smallest absolute Gasteiger partial charge is 0.0817 e. The van der Waals surface area contributed by atoms with Crippen LogP contribution in [0.3, 0.4) is 0 Å². The van der Waals surface area contributed by atoms with Crippen molar-refractivity contribution >= 4 is 11.4 Å². The Balaban J connectivity index is 1.60. The second-order valence-electron chi connectivity index (χ2n) is 9.61. The molecule has 7 rings (SSSR count). The lowest BCUT2D eigenvalue weighted by molar-refractivity contribution is 0.796. The number of aryl methyl sites for hydroxylation is 1. The predicted octanol–water partition coefficient (Wildman–Crippen LogP) is 7.85. The van der Waals surface area contributed by atoms with Crippen LogP contribution in [0, 0.1) is 10.4 Å². The summed E-state index contributed by atoms with van der Waals surface area (Å²) >= 11 is 0. The fraction of sp³-hybridized carbons (Fsp3) is 0.118. The van der Waals surface area contributed by atoms with Gasteiger partial charge in [-0.1, -0.05) is 92.2 Å². The molecule has 36 heavy (non-hydrogen) atoms. The lowest BCUT2D eigenvalue weighted by atomic mass is 9.84. The van der Waals surface area contributed by atoms with Crippen molar-refractivity contribution in [2.45, 2.75) is 26.2 Å². The lowest BCUT2D eigenvalue weighted by Crippen LogP contribution is -2.02. The minimum Gasteiger partial charge on any atom is -0.248 e. The Morgan fingerprint density at radius 2 is 1.36 bits per heavy atom. The first-order valence-corrected chi connectivity index (χ1v) is 12.8. The molecule has 2 aliphatic rings. The van der Waals surface area contributed by atoms with Crippen molar-refractivity contribution in [3.05, 3.63) is 130 Å². The van der Waals surface area contributed by atoms with Crippen LogP contribution in [0.4, 0.5) is 11.4 Å². The standard InChI is InChI=1S/C34H26N2/c1-2-3-11-22-14-7-8-15-24(22)31-25(23-12-5-4-6-13-23)18-20-29-32(31)33-30(35-29)21-19-27-26-16-9-10-17-28(26)36-34(27)33/h4-10,12-21H,2-3,11H2,1H3. The number of hydrogen-bond donors (Lipinski definition) is 0. The minimum absolute atomic E-state index is 1.01. The molecule has 2 heteroatoms. The van der Waals surface area contributed by atoms with Gasteiger partial charge in [-0.2, -0.15) is 0 Å². The maximum Gasteiger partial charge on any atom is 0.0817 e. The summed E-state index contributed by atoms with van der Waals surface area (Å²) in [7, 11) is 0. The van der Waals surface area contributed by atoms with Crippen molar-refractivity contribution in [2.75, 3.05) is 0 Å². The first-order chi connectivity index (χ1) is 17.8. The summed E-state index contributed by atoms with van der Waals surface area (Å²) in [6.07, 6.45) is 3.42. The second kappa shape index (κ2) is 8.42. The summed E-state index contributed by atoms with van der Waals surface area (Å²) in [5.74, 6) is 0. The zero-order valence-electron chi connectivity index (χ0n) is 20.3. The quantitative estimate of drug-likeness (QED) is 0.249. The third-order valence-electron chi connectivity index (χ3n) is 7.43. The topological polar surface area (TPSA) is 24.7 Å². The summed E-state index contributed by atoms with van der Waals surface area (Å²) in [5.41, 5.74) is 10.9. The fourth-order valence-corrected chi connectivity index (χ4v) is 5.73. The van der Waals surface area contributed by atoms with Crippen LogP contribution in [0.1, 0.15) is 25.3 Å². The minimum atomic E-state index is 1.01. The summed E-state index contributed by atoms with van der Waals surface area (Å²) < 4.78 is 0. The van der Waals surface area contributed by atoms with Gasteiger partial charge in [0.25, 0.3) is 0 Å². The highest BCUT2D eigenvalue weighted by Crippen LogP contribution is 2.49. The normalized spacial score (nSPS) is 12.2. The molecule has 0 saturated heterocycles. The summed E-state index contributed by atoms with van der Waals surface area (Å²) in [4.78, 5) is 10.2. The van der Waals surface area contributed by atoms with Crippen molar-refractivity contribution < 1.29 is 0 Å². The molecule has 2 heterocycles. The monoisotopic (exact) mass is 462 g/mol. The van der Waals surface area contributed by atoms with E-state index in [1.54, 1.807) is 0 Å². The van der Waals surface area contributed by atoms with Gasteiger partial charge in [0.15, 0.2) is 0 Å². The highest BCUT2D eigenvalue weighted by Gasteiger charge is 2.27. The molecule has 0 fully saturated rings. The van der Waals surface area contributed by atoms with E-state index >= 15 is 0 Å². The molecule has 0 saturated carbocycles. The molecular formula is C34H26N2. The van der Waals surface area contributed by atoms with Crippen molar-refractivity contribution in [3.8, 4) is 33.4 Å². The lowest BCUT2D eigenvalue weighted by Gasteiger charge is -2.19. The molecule has 0 radical (unpaired) electrons. The van der Waals surface area contributed by atoms with Crippen LogP contribution < -0.4 is 10.7 Å². The molecule has 172 valence electrons. The predicted molar refractivity (Wildman–Crippen MR) is 147 cm³/mol. The van der Waals surface area contributed by atoms with Crippen LogP contribution in [-0.2, 0) is 6.42 Å². The van der Waals surface area contributed by atoms with E-state index in [-0.39, 0.29) is 0 Å². The Hall–Kier alpha value is -4.30. The van der Waals surface area contributed by atoms with E-state index in [1.165, 1.54) is 56.7 Å². The van der Waals surface area contributed by atoms with Gasteiger partial charge >= 0.3 is 0 Å². The van der Waals surface area contributed by atoms with Gasteiger partial charge in [0.1, 0.15) is 0 Å². The SMILES string of the molecule is CCCCc1ccccc1-c1c(-c2ccccc2)ccc2c1-c1c3c(ccc1=N2)=c1ccccc1=N3. The van der Waals surface area contributed by atoms with Gasteiger partial charge < -0.3 is 0 Å². The Kier molecular flexibility index (Phi) is 4.92. The number of benzene rings is 5. The summed E-state index contributed by atoms with van der Waals surface area (Å²) in [6, 6.07) is 36.9. The van der Waals surface area contributed by atoms with Crippen molar-refractivity contribution in [3.63, 3.8) is 0 Å². The Morgan fingerprint density at radius 3 is 2.25 bits per heavy atom. The van der Waals surface area contributed by atoms with Gasteiger partial charge in [-0.3, -0.25) is 0 Å². The molecular weight excluding hydrogens is 436 g/mol.